The van der Waals surface area contributed by atoms with E-state index < -0.39 is 0 Å². The van der Waals surface area contributed by atoms with E-state index in [9.17, 15) is 0 Å². The van der Waals surface area contributed by atoms with E-state index in [1.165, 1.54) is 0 Å². The van der Waals surface area contributed by atoms with Crippen molar-refractivity contribution in [3.05, 3.63) is 21.7 Å². The summed E-state index contributed by atoms with van der Waals surface area (Å²) in [6, 6.07) is 0. The molecule has 12 heavy (non-hydrogen) atoms. The Balaban J connectivity index is 3.60. The van der Waals surface area contributed by atoms with Gasteiger partial charge in [0.2, 0.25) is 0 Å². The van der Waals surface area contributed by atoms with Crippen molar-refractivity contribution in [1.82, 2.24) is 0 Å². The molecule has 3 heteroatoms. The van der Waals surface area contributed by atoms with Crippen molar-refractivity contribution < 1.29 is 0 Å². The number of hydrogen-bond acceptors (Lipinski definition) is 2. The molecular formula is C9H13ClN2. The van der Waals surface area contributed by atoms with Gasteiger partial charge in [0.25, 0.3) is 0 Å². The minimum Gasteiger partial charge on any atom is -0.398 e. The third-order valence-electron chi connectivity index (χ3n) is 2.27. The van der Waals surface area contributed by atoms with Crippen LogP contribution in [0.5, 0.6) is 0 Å². The molecule has 0 spiro atoms. The summed E-state index contributed by atoms with van der Waals surface area (Å²) in [4.78, 5) is 0. The van der Waals surface area contributed by atoms with Crippen LogP contribution in [-0.4, -0.2) is 0 Å². The lowest BCUT2D eigenvalue weighted by atomic mass is 10.0. The van der Waals surface area contributed by atoms with Gasteiger partial charge in [-0.3, -0.25) is 0 Å². The maximum Gasteiger partial charge on any atom is 0.0505 e. The molecule has 1 aromatic carbocycles. The van der Waals surface area contributed by atoms with E-state index in [1.807, 2.05) is 20.8 Å². The van der Waals surface area contributed by atoms with Crippen molar-refractivity contribution in [3.63, 3.8) is 0 Å². The van der Waals surface area contributed by atoms with Crippen molar-refractivity contribution in [1.29, 1.82) is 0 Å². The second-order valence-electron chi connectivity index (χ2n) is 3.02. The van der Waals surface area contributed by atoms with Gasteiger partial charge in [0.05, 0.1) is 5.02 Å². The van der Waals surface area contributed by atoms with Gasteiger partial charge in [-0.05, 0) is 37.5 Å². The van der Waals surface area contributed by atoms with Crippen LogP contribution in [0.4, 0.5) is 11.4 Å². The van der Waals surface area contributed by atoms with E-state index in [-0.39, 0.29) is 0 Å². The van der Waals surface area contributed by atoms with Crippen LogP contribution in [-0.2, 0) is 0 Å². The monoisotopic (exact) mass is 184 g/mol. The first kappa shape index (κ1) is 9.20. The van der Waals surface area contributed by atoms with E-state index in [1.54, 1.807) is 0 Å². The van der Waals surface area contributed by atoms with Crippen LogP contribution in [0.3, 0.4) is 0 Å². The predicted molar refractivity (Wildman–Crippen MR) is 54.5 cm³/mol. The van der Waals surface area contributed by atoms with Gasteiger partial charge in [0, 0.05) is 11.4 Å². The van der Waals surface area contributed by atoms with Crippen LogP contribution in [0.25, 0.3) is 0 Å². The number of halogens is 1. The van der Waals surface area contributed by atoms with Gasteiger partial charge in [-0.1, -0.05) is 11.6 Å². The van der Waals surface area contributed by atoms with E-state index in [0.29, 0.717) is 16.4 Å². The van der Waals surface area contributed by atoms with Gasteiger partial charge in [0.1, 0.15) is 0 Å². The van der Waals surface area contributed by atoms with Gasteiger partial charge >= 0.3 is 0 Å². The molecular weight excluding hydrogens is 172 g/mol. The highest BCUT2D eigenvalue weighted by molar-refractivity contribution is 6.33. The third kappa shape index (κ3) is 1.12. The summed E-state index contributed by atoms with van der Waals surface area (Å²) in [6.45, 7) is 5.70. The lowest BCUT2D eigenvalue weighted by molar-refractivity contribution is 1.33. The minimum absolute atomic E-state index is 0.676. The molecule has 0 bridgehead atoms. The molecule has 1 rings (SSSR count). The number of nitrogen functional groups attached to an aromatic ring is 2. The number of anilines is 2. The first-order chi connectivity index (χ1) is 5.46. The highest BCUT2D eigenvalue weighted by Gasteiger charge is 2.10. The molecule has 0 saturated heterocycles. The molecule has 0 aromatic heterocycles. The molecule has 4 N–H and O–H groups in total. The third-order valence-corrected chi connectivity index (χ3v) is 2.84. The van der Waals surface area contributed by atoms with Crippen LogP contribution < -0.4 is 11.5 Å². The van der Waals surface area contributed by atoms with Crippen molar-refractivity contribution >= 4 is 23.0 Å². The largest absolute Gasteiger partial charge is 0.398 e. The molecule has 0 saturated carbocycles. The molecule has 0 aliphatic rings. The smallest absolute Gasteiger partial charge is 0.0505 e. The summed E-state index contributed by atoms with van der Waals surface area (Å²) in [7, 11) is 0. The van der Waals surface area contributed by atoms with Crippen LogP contribution >= 0.6 is 11.6 Å². The Kier molecular flexibility index (Phi) is 2.20. The predicted octanol–water partition coefficient (Wildman–Crippen LogP) is 2.43. The summed E-state index contributed by atoms with van der Waals surface area (Å²) < 4.78 is 0. The standard InChI is InChI=1S/C9H13ClN2/c1-4-7(10)5(2)9(12)6(3)8(4)11/h11-12H2,1-3H3. The van der Waals surface area contributed by atoms with Crippen molar-refractivity contribution in [2.75, 3.05) is 11.5 Å². The fourth-order valence-corrected chi connectivity index (χ4v) is 1.43. The highest BCUT2D eigenvalue weighted by atomic mass is 35.5. The lowest BCUT2D eigenvalue weighted by Gasteiger charge is -2.13. The summed E-state index contributed by atoms with van der Waals surface area (Å²) >= 11 is 6.00. The molecule has 66 valence electrons. The molecule has 0 atom stereocenters. The number of benzene rings is 1. The Morgan fingerprint density at radius 1 is 0.833 bits per heavy atom. The van der Waals surface area contributed by atoms with E-state index in [4.69, 9.17) is 23.1 Å². The fraction of sp³-hybridized carbons (Fsp3) is 0.333. The summed E-state index contributed by atoms with van der Waals surface area (Å²) in [5.41, 5.74) is 15.7. The second kappa shape index (κ2) is 2.87. The number of hydrogen-bond donors (Lipinski definition) is 2. The Morgan fingerprint density at radius 3 is 1.50 bits per heavy atom. The van der Waals surface area contributed by atoms with Crippen LogP contribution in [0.15, 0.2) is 0 Å². The zero-order chi connectivity index (χ0) is 9.46. The average molecular weight is 185 g/mol. The molecule has 0 fully saturated rings. The summed E-state index contributed by atoms with van der Waals surface area (Å²) in [5, 5.41) is 0.676. The van der Waals surface area contributed by atoms with Crippen LogP contribution in [0.1, 0.15) is 16.7 Å². The van der Waals surface area contributed by atoms with Gasteiger partial charge in [-0.25, -0.2) is 0 Å². The second-order valence-corrected chi connectivity index (χ2v) is 3.39. The van der Waals surface area contributed by atoms with Crippen LogP contribution in [0.2, 0.25) is 5.02 Å². The average Bonchev–Trinajstić information content (AvgIpc) is 2.08. The molecule has 0 amide bonds. The summed E-state index contributed by atoms with van der Waals surface area (Å²) in [5.74, 6) is 0. The van der Waals surface area contributed by atoms with Gasteiger partial charge in [-0.2, -0.15) is 0 Å². The van der Waals surface area contributed by atoms with Crippen molar-refractivity contribution in [3.8, 4) is 0 Å². The van der Waals surface area contributed by atoms with E-state index in [2.05, 4.69) is 0 Å². The Hall–Kier alpha value is -0.890. The zero-order valence-electron chi connectivity index (χ0n) is 7.53. The first-order valence-corrected chi connectivity index (χ1v) is 4.14. The SMILES string of the molecule is Cc1c(N)c(C)c(Cl)c(C)c1N. The maximum absolute atomic E-state index is 6.00. The first-order valence-electron chi connectivity index (χ1n) is 3.77. The molecule has 0 radical (unpaired) electrons. The summed E-state index contributed by atoms with van der Waals surface area (Å²) in [6.07, 6.45) is 0. The quantitative estimate of drug-likeness (QED) is 0.609. The fourth-order valence-electron chi connectivity index (χ4n) is 1.23. The highest BCUT2D eigenvalue weighted by Crippen LogP contribution is 2.33. The number of nitrogens with two attached hydrogens (primary N) is 2. The zero-order valence-corrected chi connectivity index (χ0v) is 8.29. The molecule has 1 aromatic rings. The van der Waals surface area contributed by atoms with Crippen LogP contribution in [0, 0.1) is 20.8 Å². The van der Waals surface area contributed by atoms with Gasteiger partial charge < -0.3 is 11.5 Å². The Bertz CT molecular complexity index is 227. The molecule has 0 unspecified atom stereocenters. The van der Waals surface area contributed by atoms with Gasteiger partial charge in [0.15, 0.2) is 0 Å². The van der Waals surface area contributed by atoms with Crippen molar-refractivity contribution in [2.45, 2.75) is 20.8 Å². The van der Waals surface area contributed by atoms with E-state index >= 15 is 0 Å². The van der Waals surface area contributed by atoms with Crippen molar-refractivity contribution in [2.24, 2.45) is 0 Å². The van der Waals surface area contributed by atoms with Gasteiger partial charge in [-0.15, -0.1) is 0 Å². The Morgan fingerprint density at radius 2 is 1.17 bits per heavy atom. The number of rotatable bonds is 0. The molecule has 0 aliphatic heterocycles. The molecule has 0 heterocycles. The molecule has 2 nitrogen and oxygen atoms in total. The molecule has 0 aliphatic carbocycles. The maximum atomic E-state index is 6.00. The minimum atomic E-state index is 0.676. The normalized spacial score (nSPS) is 10.3. The topological polar surface area (TPSA) is 52.0 Å². The lowest BCUT2D eigenvalue weighted by Crippen LogP contribution is -2.02. The Labute approximate surface area is 77.5 Å². The van der Waals surface area contributed by atoms with E-state index in [0.717, 1.165) is 16.7 Å².